The summed E-state index contributed by atoms with van der Waals surface area (Å²) in [7, 11) is 0. The molecule has 0 N–H and O–H groups in total. The van der Waals surface area contributed by atoms with E-state index in [0.29, 0.717) is 0 Å². The van der Waals surface area contributed by atoms with Crippen molar-refractivity contribution in [1.82, 2.24) is 0 Å². The standard InChI is InChI=1S/C13H10O/c1-3-5-6-7-8-9-10-11-13-12(4-2)14-13/h4,10-13H,2H2,1H3/t12-,13+/m1/s1. The molecule has 14 heavy (non-hydrogen) atoms. The molecule has 1 aliphatic rings. The van der Waals surface area contributed by atoms with Crippen LogP contribution in [0.5, 0.6) is 0 Å². The van der Waals surface area contributed by atoms with Gasteiger partial charge in [-0.3, -0.25) is 0 Å². The van der Waals surface area contributed by atoms with Crippen LogP contribution in [0.2, 0.25) is 0 Å². The molecule has 0 aliphatic carbocycles. The lowest BCUT2D eigenvalue weighted by atomic mass is 10.3. The average Bonchev–Trinajstić information content (AvgIpc) is 2.95. The molecule has 0 bridgehead atoms. The Kier molecular flexibility index (Phi) is 4.16. The van der Waals surface area contributed by atoms with E-state index in [1.54, 1.807) is 19.1 Å². The zero-order chi connectivity index (χ0) is 10.2. The number of allylic oxidation sites excluding steroid dienone is 1. The third-order valence-corrected chi connectivity index (χ3v) is 1.55. The van der Waals surface area contributed by atoms with Crippen molar-refractivity contribution in [3.05, 3.63) is 24.8 Å². The van der Waals surface area contributed by atoms with Crippen LogP contribution in [0.1, 0.15) is 6.92 Å². The van der Waals surface area contributed by atoms with E-state index >= 15 is 0 Å². The highest BCUT2D eigenvalue weighted by atomic mass is 16.6. The molecular weight excluding hydrogens is 172 g/mol. The summed E-state index contributed by atoms with van der Waals surface area (Å²) < 4.78 is 5.18. The summed E-state index contributed by atoms with van der Waals surface area (Å²) in [6.45, 7) is 5.36. The lowest BCUT2D eigenvalue weighted by Gasteiger charge is -1.71. The van der Waals surface area contributed by atoms with Gasteiger partial charge in [0.05, 0.1) is 0 Å². The molecule has 1 heterocycles. The predicted octanol–water partition coefficient (Wildman–Crippen LogP) is 1.53. The number of ether oxygens (including phenoxy) is 1. The molecule has 1 saturated heterocycles. The Morgan fingerprint density at radius 3 is 2.57 bits per heavy atom. The number of epoxide rings is 1. The SMILES string of the molecule is C=C[C@H]1O[C@H]1C=CC#CC#CC#CC. The summed E-state index contributed by atoms with van der Waals surface area (Å²) in [5.41, 5.74) is 0. The summed E-state index contributed by atoms with van der Waals surface area (Å²) in [6, 6.07) is 0. The molecule has 1 nitrogen and oxygen atoms in total. The van der Waals surface area contributed by atoms with Gasteiger partial charge in [-0.15, -0.1) is 6.58 Å². The maximum atomic E-state index is 5.18. The number of hydrogen-bond donors (Lipinski definition) is 0. The summed E-state index contributed by atoms with van der Waals surface area (Å²) >= 11 is 0. The molecule has 1 rings (SSSR count). The maximum Gasteiger partial charge on any atom is 0.107 e. The predicted molar refractivity (Wildman–Crippen MR) is 57.0 cm³/mol. The molecule has 68 valence electrons. The van der Waals surface area contributed by atoms with E-state index in [4.69, 9.17) is 4.74 Å². The fraction of sp³-hybridized carbons (Fsp3) is 0.231. The molecular formula is C13H10O. The first-order chi connectivity index (χ1) is 6.88. The molecule has 0 amide bonds. The minimum absolute atomic E-state index is 0.158. The Hall–Kier alpha value is -1.88. The molecule has 0 aromatic carbocycles. The molecule has 0 aromatic heterocycles. The molecule has 0 unspecified atom stereocenters. The van der Waals surface area contributed by atoms with Gasteiger partial charge in [0, 0.05) is 0 Å². The van der Waals surface area contributed by atoms with E-state index in [1.165, 1.54) is 0 Å². The van der Waals surface area contributed by atoms with Crippen LogP contribution in [-0.2, 0) is 4.74 Å². The zero-order valence-corrected chi connectivity index (χ0v) is 8.00. The van der Waals surface area contributed by atoms with Gasteiger partial charge in [0.25, 0.3) is 0 Å². The van der Waals surface area contributed by atoms with Gasteiger partial charge < -0.3 is 4.74 Å². The second kappa shape index (κ2) is 5.71. The summed E-state index contributed by atoms with van der Waals surface area (Å²) in [5.74, 6) is 15.9. The van der Waals surface area contributed by atoms with Gasteiger partial charge in [-0.2, -0.15) is 0 Å². The molecule has 0 radical (unpaired) electrons. The van der Waals surface area contributed by atoms with Gasteiger partial charge in [-0.25, -0.2) is 0 Å². The van der Waals surface area contributed by atoms with Gasteiger partial charge in [0.15, 0.2) is 0 Å². The lowest BCUT2D eigenvalue weighted by Crippen LogP contribution is -1.81. The third kappa shape index (κ3) is 3.68. The molecule has 1 fully saturated rings. The van der Waals surface area contributed by atoms with E-state index in [2.05, 4.69) is 42.1 Å². The smallest absolute Gasteiger partial charge is 0.107 e. The average molecular weight is 182 g/mol. The van der Waals surface area contributed by atoms with Crippen LogP contribution in [0.25, 0.3) is 0 Å². The normalized spacial score (nSPS) is 22.1. The first-order valence-electron chi connectivity index (χ1n) is 4.25. The fourth-order valence-electron chi connectivity index (χ4n) is 0.826. The van der Waals surface area contributed by atoms with Crippen LogP contribution in [-0.4, -0.2) is 12.2 Å². The minimum atomic E-state index is 0.158. The summed E-state index contributed by atoms with van der Waals surface area (Å²) in [4.78, 5) is 0. The van der Waals surface area contributed by atoms with E-state index in [-0.39, 0.29) is 12.2 Å². The van der Waals surface area contributed by atoms with Crippen molar-refractivity contribution >= 4 is 0 Å². The van der Waals surface area contributed by atoms with E-state index in [9.17, 15) is 0 Å². The Bertz CT molecular complexity index is 409. The van der Waals surface area contributed by atoms with Crippen LogP contribution in [0.15, 0.2) is 24.8 Å². The molecule has 1 aliphatic heterocycles. The molecule has 0 spiro atoms. The number of hydrogen-bond acceptors (Lipinski definition) is 1. The van der Waals surface area contributed by atoms with Gasteiger partial charge in [0.2, 0.25) is 0 Å². The zero-order valence-electron chi connectivity index (χ0n) is 8.00. The Balaban J connectivity index is 2.29. The minimum Gasteiger partial charge on any atom is -0.361 e. The van der Waals surface area contributed by atoms with Crippen molar-refractivity contribution < 1.29 is 4.74 Å². The van der Waals surface area contributed by atoms with Crippen molar-refractivity contribution in [3.8, 4) is 35.5 Å². The van der Waals surface area contributed by atoms with Gasteiger partial charge in [0.1, 0.15) is 12.2 Å². The van der Waals surface area contributed by atoms with Crippen molar-refractivity contribution in [1.29, 1.82) is 0 Å². The van der Waals surface area contributed by atoms with Gasteiger partial charge in [-0.05, 0) is 42.8 Å². The highest BCUT2D eigenvalue weighted by Gasteiger charge is 2.32. The second-order valence-electron chi connectivity index (χ2n) is 2.55. The number of rotatable bonds is 2. The Morgan fingerprint density at radius 1 is 1.14 bits per heavy atom. The van der Waals surface area contributed by atoms with Crippen LogP contribution in [0.4, 0.5) is 0 Å². The van der Waals surface area contributed by atoms with Crippen molar-refractivity contribution in [2.75, 3.05) is 0 Å². The molecule has 2 atom stereocenters. The maximum absolute atomic E-state index is 5.18. The molecule has 1 heteroatoms. The fourth-order valence-corrected chi connectivity index (χ4v) is 0.826. The van der Waals surface area contributed by atoms with Crippen molar-refractivity contribution in [3.63, 3.8) is 0 Å². The first kappa shape index (κ1) is 10.2. The van der Waals surface area contributed by atoms with E-state index in [0.717, 1.165) is 0 Å². The largest absolute Gasteiger partial charge is 0.361 e. The summed E-state index contributed by atoms with van der Waals surface area (Å²) in [6.07, 6.45) is 5.74. The van der Waals surface area contributed by atoms with Crippen LogP contribution >= 0.6 is 0 Å². The Morgan fingerprint density at radius 2 is 1.93 bits per heavy atom. The Labute approximate surface area is 84.8 Å². The second-order valence-corrected chi connectivity index (χ2v) is 2.55. The topological polar surface area (TPSA) is 12.5 Å². The van der Waals surface area contributed by atoms with Crippen molar-refractivity contribution in [2.24, 2.45) is 0 Å². The van der Waals surface area contributed by atoms with Crippen LogP contribution in [0.3, 0.4) is 0 Å². The monoisotopic (exact) mass is 182 g/mol. The van der Waals surface area contributed by atoms with Gasteiger partial charge in [-0.1, -0.05) is 17.9 Å². The van der Waals surface area contributed by atoms with E-state index < -0.39 is 0 Å². The highest BCUT2D eigenvalue weighted by molar-refractivity contribution is 5.37. The summed E-state index contributed by atoms with van der Waals surface area (Å²) in [5, 5.41) is 0. The van der Waals surface area contributed by atoms with Crippen molar-refractivity contribution in [2.45, 2.75) is 19.1 Å². The van der Waals surface area contributed by atoms with Gasteiger partial charge >= 0.3 is 0 Å². The van der Waals surface area contributed by atoms with Crippen LogP contribution < -0.4 is 0 Å². The molecule has 0 saturated carbocycles. The van der Waals surface area contributed by atoms with Crippen LogP contribution in [0, 0.1) is 35.5 Å². The quantitative estimate of drug-likeness (QED) is 0.358. The lowest BCUT2D eigenvalue weighted by molar-refractivity contribution is 0.413. The first-order valence-corrected chi connectivity index (χ1v) is 4.25. The highest BCUT2D eigenvalue weighted by Crippen LogP contribution is 2.23. The third-order valence-electron chi connectivity index (χ3n) is 1.55. The molecule has 0 aromatic rings. The van der Waals surface area contributed by atoms with E-state index in [1.807, 2.05) is 6.08 Å².